The van der Waals surface area contributed by atoms with Crippen molar-refractivity contribution in [3.05, 3.63) is 192 Å². The molecule has 0 spiro atoms. The Bertz CT molecular complexity index is 2240. The molecule has 0 atom stereocenters. The number of benzene rings is 4. The lowest BCUT2D eigenvalue weighted by Gasteiger charge is -2.16. The van der Waals surface area contributed by atoms with Crippen LogP contribution in [0.4, 0.5) is 0 Å². The van der Waals surface area contributed by atoms with Crippen LogP contribution < -0.4 is 0 Å². The topological polar surface area (TPSA) is 50.5 Å². The van der Waals surface area contributed by atoms with Crippen LogP contribution in [-0.2, 0) is 0 Å². The molecule has 4 nitrogen and oxygen atoms in total. The van der Waals surface area contributed by atoms with Crippen molar-refractivity contribution in [2.45, 2.75) is 41.5 Å². The Morgan fingerprint density at radius 1 is 0.673 bits per heavy atom. The summed E-state index contributed by atoms with van der Waals surface area (Å²) in [6, 6.07) is 37.2. The fourth-order valence-corrected chi connectivity index (χ4v) is 5.85. The van der Waals surface area contributed by atoms with E-state index in [4.69, 9.17) is 20.0 Å². The van der Waals surface area contributed by atoms with Crippen LogP contribution in [0.1, 0.15) is 57.0 Å². The van der Waals surface area contributed by atoms with E-state index in [1.807, 2.05) is 81.5 Å². The van der Waals surface area contributed by atoms with Gasteiger partial charge in [-0.1, -0.05) is 158 Å². The molecule has 1 aromatic heterocycles. The van der Waals surface area contributed by atoms with Gasteiger partial charge in [-0.2, -0.15) is 0 Å². The molecule has 1 heterocycles. The van der Waals surface area contributed by atoms with Crippen LogP contribution in [0, 0.1) is 6.92 Å². The molecular weight excluding hydrogens is 633 g/mol. The SMILES string of the molecule is C=C/C=C\C(=C(C)C)c1nc(-c2ccc(C(C)=NC(=NC(=C)c3ccccc3)C(/C=C\C)=C/C)cc2)nc(-c2cccc(-c3ccccc3)c2)c1C. The average molecular weight is 679 g/mol. The quantitative estimate of drug-likeness (QED) is 0.0793. The number of amidine groups is 1. The van der Waals surface area contributed by atoms with E-state index in [0.29, 0.717) is 17.4 Å². The first-order valence-electron chi connectivity index (χ1n) is 17.5. The molecule has 258 valence electrons. The zero-order valence-corrected chi connectivity index (χ0v) is 31.1. The second-order valence-corrected chi connectivity index (χ2v) is 12.6. The summed E-state index contributed by atoms with van der Waals surface area (Å²) < 4.78 is 0. The lowest BCUT2D eigenvalue weighted by molar-refractivity contribution is 1.11. The third-order valence-electron chi connectivity index (χ3n) is 8.68. The van der Waals surface area contributed by atoms with Gasteiger partial charge in [0.25, 0.3) is 0 Å². The van der Waals surface area contributed by atoms with E-state index in [-0.39, 0.29) is 0 Å². The number of aromatic nitrogens is 2. The molecule has 0 aliphatic rings. The van der Waals surface area contributed by atoms with Gasteiger partial charge in [0.1, 0.15) is 0 Å². The van der Waals surface area contributed by atoms with Crippen LogP contribution in [0.15, 0.2) is 180 Å². The molecule has 5 rings (SSSR count). The van der Waals surface area contributed by atoms with E-state index in [1.165, 1.54) is 0 Å². The first-order valence-corrected chi connectivity index (χ1v) is 17.5. The summed E-state index contributed by atoms with van der Waals surface area (Å²) in [6.07, 6.45) is 11.8. The highest BCUT2D eigenvalue weighted by Gasteiger charge is 2.18. The zero-order valence-electron chi connectivity index (χ0n) is 31.1. The molecule has 0 aliphatic carbocycles. The first kappa shape index (κ1) is 37.0. The molecule has 4 aromatic carbocycles. The molecular formula is C48H46N4. The fraction of sp³-hybridized carbons (Fsp3) is 0.125. The molecule has 0 fully saturated rings. The van der Waals surface area contributed by atoms with Gasteiger partial charge in [0, 0.05) is 28.0 Å². The van der Waals surface area contributed by atoms with E-state index in [9.17, 15) is 0 Å². The second-order valence-electron chi connectivity index (χ2n) is 12.6. The maximum atomic E-state index is 5.22. The molecule has 0 amide bonds. The molecule has 0 saturated carbocycles. The summed E-state index contributed by atoms with van der Waals surface area (Å²) in [5, 5.41) is 0. The summed E-state index contributed by atoms with van der Waals surface area (Å²) in [5.74, 6) is 1.25. The first-order chi connectivity index (χ1) is 25.2. The van der Waals surface area contributed by atoms with Crippen molar-refractivity contribution in [2.75, 3.05) is 0 Å². The minimum atomic E-state index is 0.603. The molecule has 4 heteroatoms. The second kappa shape index (κ2) is 17.6. The molecule has 0 saturated heterocycles. The Morgan fingerprint density at radius 2 is 1.33 bits per heavy atom. The maximum absolute atomic E-state index is 5.22. The van der Waals surface area contributed by atoms with Gasteiger partial charge in [-0.15, -0.1) is 0 Å². The van der Waals surface area contributed by atoms with Gasteiger partial charge in [-0.25, -0.2) is 20.0 Å². The van der Waals surface area contributed by atoms with Crippen LogP contribution in [0.25, 0.3) is 45.0 Å². The van der Waals surface area contributed by atoms with E-state index in [0.717, 1.165) is 72.8 Å². The summed E-state index contributed by atoms with van der Waals surface area (Å²) in [4.78, 5) is 20.3. The van der Waals surface area contributed by atoms with E-state index in [1.54, 1.807) is 6.08 Å². The van der Waals surface area contributed by atoms with Crippen molar-refractivity contribution in [2.24, 2.45) is 9.98 Å². The highest BCUT2D eigenvalue weighted by Crippen LogP contribution is 2.33. The molecule has 52 heavy (non-hydrogen) atoms. The molecule has 0 unspecified atom stereocenters. The third kappa shape index (κ3) is 8.90. The van der Waals surface area contributed by atoms with Crippen LogP contribution in [0.3, 0.4) is 0 Å². The minimum absolute atomic E-state index is 0.603. The van der Waals surface area contributed by atoms with E-state index < -0.39 is 0 Å². The smallest absolute Gasteiger partial charge is 0.160 e. The van der Waals surface area contributed by atoms with E-state index >= 15 is 0 Å². The highest BCUT2D eigenvalue weighted by atomic mass is 14.9. The Hall–Kier alpha value is -6.26. The zero-order chi connectivity index (χ0) is 37.0. The van der Waals surface area contributed by atoms with Crippen LogP contribution in [-0.4, -0.2) is 21.5 Å². The van der Waals surface area contributed by atoms with Gasteiger partial charge in [-0.3, -0.25) is 0 Å². The number of aliphatic imine (C=N–C) groups is 2. The summed E-state index contributed by atoms with van der Waals surface area (Å²) in [6.45, 7) is 20.4. The van der Waals surface area contributed by atoms with Crippen LogP contribution in [0.2, 0.25) is 0 Å². The Balaban J connectivity index is 1.60. The highest BCUT2D eigenvalue weighted by molar-refractivity contribution is 6.13. The molecule has 0 N–H and O–H groups in total. The van der Waals surface area contributed by atoms with Crippen LogP contribution in [0.5, 0.6) is 0 Å². The van der Waals surface area contributed by atoms with Crippen molar-refractivity contribution in [3.63, 3.8) is 0 Å². The summed E-state index contributed by atoms with van der Waals surface area (Å²) in [7, 11) is 0. The molecule has 5 aromatic rings. The average Bonchev–Trinajstić information content (AvgIpc) is 3.18. The third-order valence-corrected chi connectivity index (χ3v) is 8.68. The van der Waals surface area contributed by atoms with Crippen molar-refractivity contribution >= 4 is 22.8 Å². The van der Waals surface area contributed by atoms with Gasteiger partial charge in [-0.05, 0) is 75.4 Å². The Kier molecular flexibility index (Phi) is 12.5. The van der Waals surface area contributed by atoms with Gasteiger partial charge >= 0.3 is 0 Å². The fourth-order valence-electron chi connectivity index (χ4n) is 5.85. The molecule has 0 aliphatic heterocycles. The predicted octanol–water partition coefficient (Wildman–Crippen LogP) is 12.7. The van der Waals surface area contributed by atoms with Crippen molar-refractivity contribution in [1.29, 1.82) is 0 Å². The number of rotatable bonds is 11. The van der Waals surface area contributed by atoms with Gasteiger partial charge in [0.2, 0.25) is 0 Å². The monoisotopic (exact) mass is 678 g/mol. The minimum Gasteiger partial charge on any atom is -0.233 e. The predicted molar refractivity (Wildman–Crippen MR) is 224 cm³/mol. The largest absolute Gasteiger partial charge is 0.233 e. The van der Waals surface area contributed by atoms with Crippen molar-refractivity contribution in [1.82, 2.24) is 9.97 Å². The lowest BCUT2D eigenvalue weighted by atomic mass is 9.96. The lowest BCUT2D eigenvalue weighted by Crippen LogP contribution is -2.05. The van der Waals surface area contributed by atoms with Crippen molar-refractivity contribution < 1.29 is 0 Å². The summed E-state index contributed by atoms with van der Waals surface area (Å²) >= 11 is 0. The number of hydrogen-bond acceptors (Lipinski definition) is 3. The maximum Gasteiger partial charge on any atom is 0.160 e. The normalized spacial score (nSPS) is 12.4. The standard InChI is InChI=1S/C48H46N4/c1-9-12-27-44(33(4)5)46-34(6)45(43-26-19-25-42(32-43)40-23-17-14-18-24-40)51-48(52-46)41-30-28-39(29-31-41)36(8)50-47(37(11-3)20-10-2)49-35(7)38-21-15-13-16-22-38/h9-32H,1,7H2,2-6,8H3/b20-10-,27-12-,37-11+,49-47?,50-36?. The Labute approximate surface area is 309 Å². The van der Waals surface area contributed by atoms with Crippen molar-refractivity contribution in [3.8, 4) is 33.8 Å². The van der Waals surface area contributed by atoms with Gasteiger partial charge < -0.3 is 0 Å². The number of nitrogens with zero attached hydrogens (tertiary/aromatic N) is 4. The molecule has 0 bridgehead atoms. The van der Waals surface area contributed by atoms with Gasteiger partial charge in [0.15, 0.2) is 11.7 Å². The number of allylic oxidation sites excluding steroid dienone is 7. The molecule has 0 radical (unpaired) electrons. The summed E-state index contributed by atoms with van der Waals surface area (Å²) in [5.41, 5.74) is 13.6. The van der Waals surface area contributed by atoms with E-state index in [2.05, 4.69) is 113 Å². The number of hydrogen-bond donors (Lipinski definition) is 0. The van der Waals surface area contributed by atoms with Gasteiger partial charge in [0.05, 0.1) is 17.1 Å². The van der Waals surface area contributed by atoms with Crippen LogP contribution >= 0.6 is 0 Å². The Morgan fingerprint density at radius 3 is 1.96 bits per heavy atom.